The third kappa shape index (κ3) is 2.26. The van der Waals surface area contributed by atoms with E-state index >= 15 is 0 Å². The van der Waals surface area contributed by atoms with E-state index in [2.05, 4.69) is 11.9 Å². The summed E-state index contributed by atoms with van der Waals surface area (Å²) in [7, 11) is 0. The van der Waals surface area contributed by atoms with Crippen LogP contribution in [-0.4, -0.2) is 4.98 Å². The van der Waals surface area contributed by atoms with E-state index in [-0.39, 0.29) is 0 Å². The van der Waals surface area contributed by atoms with E-state index in [1.54, 1.807) is 11.3 Å². The summed E-state index contributed by atoms with van der Waals surface area (Å²) in [5, 5.41) is 1.73. The van der Waals surface area contributed by atoms with Crippen molar-refractivity contribution in [2.75, 3.05) is 0 Å². The van der Waals surface area contributed by atoms with Crippen molar-refractivity contribution in [2.45, 2.75) is 19.9 Å². The Balaban J connectivity index is 2.45. The van der Waals surface area contributed by atoms with Gasteiger partial charge in [-0.05, 0) is 18.6 Å². The lowest BCUT2D eigenvalue weighted by molar-refractivity contribution is 1.04. The van der Waals surface area contributed by atoms with Crippen molar-refractivity contribution < 1.29 is 0 Å². The molecule has 0 atom stereocenters. The minimum Gasteiger partial charge on any atom is -0.325 e. The predicted molar refractivity (Wildman–Crippen MR) is 69.8 cm³/mol. The number of thiazole rings is 1. The van der Waals surface area contributed by atoms with Crippen molar-refractivity contribution in [2.24, 2.45) is 5.73 Å². The molecule has 0 fully saturated rings. The van der Waals surface area contributed by atoms with Gasteiger partial charge in [-0.1, -0.05) is 30.7 Å². The fourth-order valence-electron chi connectivity index (χ4n) is 1.56. The number of aryl methyl sites for hydroxylation is 1. The third-order valence-corrected chi connectivity index (χ3v) is 3.83. The minimum absolute atomic E-state index is 0.505. The molecule has 2 rings (SSSR count). The molecule has 0 radical (unpaired) electrons. The van der Waals surface area contributed by atoms with Crippen LogP contribution in [0.1, 0.15) is 16.8 Å². The molecular formula is C12H13ClN2S. The molecule has 0 aliphatic rings. The van der Waals surface area contributed by atoms with Crippen LogP contribution in [0.3, 0.4) is 0 Å². The monoisotopic (exact) mass is 252 g/mol. The molecule has 0 aliphatic carbocycles. The lowest BCUT2D eigenvalue weighted by Gasteiger charge is -1.99. The fourth-order valence-corrected chi connectivity index (χ4v) is 2.60. The van der Waals surface area contributed by atoms with Gasteiger partial charge in [-0.2, -0.15) is 0 Å². The summed E-state index contributed by atoms with van der Waals surface area (Å²) in [4.78, 5) is 5.83. The highest BCUT2D eigenvalue weighted by Crippen LogP contribution is 2.29. The van der Waals surface area contributed by atoms with Crippen LogP contribution in [0.2, 0.25) is 5.02 Å². The number of benzene rings is 1. The minimum atomic E-state index is 0.505. The molecule has 2 aromatic rings. The van der Waals surface area contributed by atoms with Crippen LogP contribution >= 0.6 is 22.9 Å². The summed E-state index contributed by atoms with van der Waals surface area (Å²) in [6.45, 7) is 2.64. The Kier molecular flexibility index (Phi) is 3.59. The van der Waals surface area contributed by atoms with Gasteiger partial charge < -0.3 is 5.73 Å². The molecule has 16 heavy (non-hydrogen) atoms. The molecule has 0 bridgehead atoms. The first-order valence-electron chi connectivity index (χ1n) is 5.19. The largest absolute Gasteiger partial charge is 0.325 e. The van der Waals surface area contributed by atoms with Crippen LogP contribution in [0.25, 0.3) is 11.3 Å². The van der Waals surface area contributed by atoms with Gasteiger partial charge >= 0.3 is 0 Å². The van der Waals surface area contributed by atoms with Gasteiger partial charge in [0.15, 0.2) is 0 Å². The van der Waals surface area contributed by atoms with Crippen molar-refractivity contribution in [3.8, 4) is 11.3 Å². The van der Waals surface area contributed by atoms with Crippen LogP contribution in [0.15, 0.2) is 24.3 Å². The number of hydrogen-bond acceptors (Lipinski definition) is 3. The fraction of sp³-hybridized carbons (Fsp3) is 0.250. The summed E-state index contributed by atoms with van der Waals surface area (Å²) < 4.78 is 0. The number of nitrogens with zero attached hydrogens (tertiary/aromatic N) is 1. The standard InChI is InChI=1S/C12H13ClN2S/c1-2-10-12(15-11(7-14)16-10)8-3-5-9(13)6-4-8/h3-6H,2,7,14H2,1H3. The van der Waals surface area contributed by atoms with Crippen molar-refractivity contribution in [3.05, 3.63) is 39.2 Å². The Morgan fingerprint density at radius 2 is 2.00 bits per heavy atom. The average Bonchev–Trinajstić information content (AvgIpc) is 2.73. The molecule has 84 valence electrons. The zero-order chi connectivity index (χ0) is 11.5. The van der Waals surface area contributed by atoms with Crippen LogP contribution in [0, 0.1) is 0 Å². The highest BCUT2D eigenvalue weighted by Gasteiger charge is 2.10. The molecule has 0 spiro atoms. The van der Waals surface area contributed by atoms with E-state index in [1.165, 1.54) is 4.88 Å². The van der Waals surface area contributed by atoms with Gasteiger partial charge in [-0.15, -0.1) is 11.3 Å². The summed E-state index contributed by atoms with van der Waals surface area (Å²) in [6, 6.07) is 7.77. The number of rotatable bonds is 3. The van der Waals surface area contributed by atoms with Gasteiger partial charge in [0, 0.05) is 22.0 Å². The first kappa shape index (κ1) is 11.6. The molecule has 0 saturated heterocycles. The molecule has 2 N–H and O–H groups in total. The Bertz CT molecular complexity index is 476. The van der Waals surface area contributed by atoms with Crippen molar-refractivity contribution in [3.63, 3.8) is 0 Å². The van der Waals surface area contributed by atoms with E-state index < -0.39 is 0 Å². The lowest BCUT2D eigenvalue weighted by atomic mass is 10.1. The van der Waals surface area contributed by atoms with Gasteiger partial charge in [0.1, 0.15) is 5.01 Å². The molecular weight excluding hydrogens is 240 g/mol. The summed E-state index contributed by atoms with van der Waals surface area (Å²) in [6.07, 6.45) is 0.982. The van der Waals surface area contributed by atoms with Gasteiger partial charge in [-0.25, -0.2) is 4.98 Å². The molecule has 1 aromatic heterocycles. The van der Waals surface area contributed by atoms with E-state index in [1.807, 2.05) is 24.3 Å². The Hall–Kier alpha value is -0.900. The molecule has 4 heteroatoms. The maximum atomic E-state index is 5.87. The van der Waals surface area contributed by atoms with E-state index in [9.17, 15) is 0 Å². The maximum Gasteiger partial charge on any atom is 0.107 e. The van der Waals surface area contributed by atoms with Crippen molar-refractivity contribution >= 4 is 22.9 Å². The summed E-state index contributed by atoms with van der Waals surface area (Å²) >= 11 is 7.56. The molecule has 2 nitrogen and oxygen atoms in total. The second kappa shape index (κ2) is 4.95. The summed E-state index contributed by atoms with van der Waals surface area (Å²) in [5.41, 5.74) is 7.77. The van der Waals surface area contributed by atoms with Gasteiger partial charge in [0.2, 0.25) is 0 Å². The maximum absolute atomic E-state index is 5.87. The average molecular weight is 253 g/mol. The number of hydrogen-bond donors (Lipinski definition) is 1. The molecule has 0 amide bonds. The van der Waals surface area contributed by atoms with E-state index in [4.69, 9.17) is 17.3 Å². The van der Waals surface area contributed by atoms with Gasteiger partial charge in [-0.3, -0.25) is 0 Å². The Labute approximate surface area is 104 Å². The van der Waals surface area contributed by atoms with Crippen LogP contribution in [-0.2, 0) is 13.0 Å². The van der Waals surface area contributed by atoms with Crippen molar-refractivity contribution in [1.82, 2.24) is 4.98 Å². The predicted octanol–water partition coefficient (Wildman–Crippen LogP) is 3.48. The first-order chi connectivity index (χ1) is 7.74. The highest BCUT2D eigenvalue weighted by molar-refractivity contribution is 7.12. The second-order valence-electron chi connectivity index (χ2n) is 3.44. The molecule has 0 unspecified atom stereocenters. The lowest BCUT2D eigenvalue weighted by Crippen LogP contribution is -1.94. The molecule has 1 aromatic carbocycles. The zero-order valence-electron chi connectivity index (χ0n) is 9.03. The van der Waals surface area contributed by atoms with Gasteiger partial charge in [0.05, 0.1) is 5.69 Å². The zero-order valence-corrected chi connectivity index (χ0v) is 10.6. The topological polar surface area (TPSA) is 38.9 Å². The second-order valence-corrected chi connectivity index (χ2v) is 5.05. The number of nitrogens with two attached hydrogens (primary N) is 1. The SMILES string of the molecule is CCc1sc(CN)nc1-c1ccc(Cl)cc1. The first-order valence-corrected chi connectivity index (χ1v) is 6.38. The smallest absolute Gasteiger partial charge is 0.107 e. The van der Waals surface area contributed by atoms with Crippen LogP contribution in [0.5, 0.6) is 0 Å². The van der Waals surface area contributed by atoms with Crippen LogP contribution in [0.4, 0.5) is 0 Å². The van der Waals surface area contributed by atoms with E-state index in [0.717, 1.165) is 27.7 Å². The Morgan fingerprint density at radius 1 is 1.31 bits per heavy atom. The quantitative estimate of drug-likeness (QED) is 0.908. The van der Waals surface area contributed by atoms with Gasteiger partial charge in [0.25, 0.3) is 0 Å². The highest BCUT2D eigenvalue weighted by atomic mass is 35.5. The van der Waals surface area contributed by atoms with Crippen molar-refractivity contribution in [1.29, 1.82) is 0 Å². The Morgan fingerprint density at radius 3 is 2.56 bits per heavy atom. The normalized spacial score (nSPS) is 10.7. The molecule has 0 aliphatic heterocycles. The number of halogens is 1. The number of aromatic nitrogens is 1. The molecule has 1 heterocycles. The third-order valence-electron chi connectivity index (χ3n) is 2.36. The van der Waals surface area contributed by atoms with Crippen LogP contribution < -0.4 is 5.73 Å². The molecule has 0 saturated carbocycles. The van der Waals surface area contributed by atoms with E-state index in [0.29, 0.717) is 6.54 Å². The summed E-state index contributed by atoms with van der Waals surface area (Å²) in [5.74, 6) is 0.